The molecule has 0 aromatic carbocycles. The van der Waals surface area contributed by atoms with Crippen LogP contribution in [0.1, 0.15) is 13.3 Å². The van der Waals surface area contributed by atoms with Crippen molar-refractivity contribution in [1.29, 1.82) is 0 Å². The third-order valence-electron chi connectivity index (χ3n) is 1.24. The Bertz CT molecular complexity index is 129. The van der Waals surface area contributed by atoms with E-state index in [0.29, 0.717) is 5.96 Å². The van der Waals surface area contributed by atoms with Gasteiger partial charge >= 0.3 is 0 Å². The van der Waals surface area contributed by atoms with Gasteiger partial charge in [-0.05, 0) is 13.1 Å². The lowest BCUT2D eigenvalue weighted by atomic mass is 10.4. The maximum atomic E-state index is 3.94. The van der Waals surface area contributed by atoms with Gasteiger partial charge in [0.25, 0.3) is 0 Å². The van der Waals surface area contributed by atoms with E-state index < -0.39 is 0 Å². The number of aliphatic imine (C=N–C) groups is 2. The van der Waals surface area contributed by atoms with E-state index in [1.54, 1.807) is 7.05 Å². The van der Waals surface area contributed by atoms with Crippen molar-refractivity contribution in [1.82, 2.24) is 4.90 Å². The van der Waals surface area contributed by atoms with Crippen LogP contribution in [-0.2, 0) is 0 Å². The van der Waals surface area contributed by atoms with Gasteiger partial charge in [0.05, 0.1) is 0 Å². The molecule has 0 fully saturated rings. The summed E-state index contributed by atoms with van der Waals surface area (Å²) in [5.41, 5.74) is 0. The molecule has 0 aromatic heterocycles. The van der Waals surface area contributed by atoms with Crippen molar-refractivity contribution in [2.24, 2.45) is 9.98 Å². The van der Waals surface area contributed by atoms with Gasteiger partial charge < -0.3 is 4.90 Å². The van der Waals surface area contributed by atoms with Crippen LogP contribution in [0.2, 0.25) is 0 Å². The molecule has 58 valence electrons. The van der Waals surface area contributed by atoms with Gasteiger partial charge in [-0.15, -0.1) is 0 Å². The molecule has 0 aliphatic carbocycles. The molecule has 0 heterocycles. The summed E-state index contributed by atoms with van der Waals surface area (Å²) in [6, 6.07) is 0. The second-order valence-electron chi connectivity index (χ2n) is 2.10. The molecule has 0 aliphatic heterocycles. The average molecular weight is 141 g/mol. The first kappa shape index (κ1) is 9.14. The van der Waals surface area contributed by atoms with Crippen LogP contribution in [0.25, 0.3) is 0 Å². The molecule has 0 aromatic rings. The van der Waals surface area contributed by atoms with E-state index in [2.05, 4.69) is 23.6 Å². The zero-order chi connectivity index (χ0) is 7.98. The normalized spacial score (nSPS) is 11.3. The Morgan fingerprint density at radius 1 is 1.60 bits per heavy atom. The van der Waals surface area contributed by atoms with E-state index >= 15 is 0 Å². The Morgan fingerprint density at radius 2 is 2.20 bits per heavy atom. The SMILES string of the molecule is C=NC(=NC)N(C)CCC. The van der Waals surface area contributed by atoms with Gasteiger partial charge in [0.15, 0.2) is 0 Å². The molecule has 0 rings (SSSR count). The second-order valence-corrected chi connectivity index (χ2v) is 2.10. The van der Waals surface area contributed by atoms with Crippen molar-refractivity contribution >= 4 is 12.7 Å². The lowest BCUT2D eigenvalue weighted by molar-refractivity contribution is 0.495. The van der Waals surface area contributed by atoms with E-state index in [1.165, 1.54) is 0 Å². The topological polar surface area (TPSA) is 28.0 Å². The van der Waals surface area contributed by atoms with Crippen LogP contribution < -0.4 is 0 Å². The maximum absolute atomic E-state index is 3.94. The highest BCUT2D eigenvalue weighted by atomic mass is 15.2. The highest BCUT2D eigenvalue weighted by molar-refractivity contribution is 5.83. The largest absolute Gasteiger partial charge is 0.344 e. The van der Waals surface area contributed by atoms with Crippen LogP contribution in [-0.4, -0.2) is 38.2 Å². The second kappa shape index (κ2) is 4.97. The first-order chi connectivity index (χ1) is 4.76. The molecule has 10 heavy (non-hydrogen) atoms. The molecule has 0 spiro atoms. The number of nitrogens with zero attached hydrogens (tertiary/aromatic N) is 3. The fourth-order valence-electron chi connectivity index (χ4n) is 0.798. The van der Waals surface area contributed by atoms with Gasteiger partial charge in [0.1, 0.15) is 0 Å². The van der Waals surface area contributed by atoms with Crippen LogP contribution in [0, 0.1) is 0 Å². The number of guanidine groups is 1. The van der Waals surface area contributed by atoms with E-state index in [1.807, 2.05) is 11.9 Å². The Morgan fingerprint density at radius 3 is 2.50 bits per heavy atom. The minimum absolute atomic E-state index is 0.710. The summed E-state index contributed by atoms with van der Waals surface area (Å²) in [6.07, 6.45) is 1.10. The van der Waals surface area contributed by atoms with Crippen LogP contribution >= 0.6 is 0 Å². The highest BCUT2D eigenvalue weighted by Crippen LogP contribution is 1.89. The molecule has 0 atom stereocenters. The summed E-state index contributed by atoms with van der Waals surface area (Å²) >= 11 is 0. The summed E-state index contributed by atoms with van der Waals surface area (Å²) in [6.45, 7) is 6.51. The summed E-state index contributed by atoms with van der Waals surface area (Å²) in [5.74, 6) is 0.710. The van der Waals surface area contributed by atoms with Crippen molar-refractivity contribution in [2.75, 3.05) is 20.6 Å². The summed E-state index contributed by atoms with van der Waals surface area (Å²) in [7, 11) is 3.68. The molecule has 0 N–H and O–H groups in total. The first-order valence-electron chi connectivity index (χ1n) is 3.40. The van der Waals surface area contributed by atoms with Crippen LogP contribution in [0.15, 0.2) is 9.98 Å². The molecule has 0 bridgehead atoms. The van der Waals surface area contributed by atoms with Gasteiger partial charge in [0.2, 0.25) is 5.96 Å². The molecule has 0 saturated carbocycles. The number of rotatable bonds is 2. The molecule has 0 unspecified atom stereocenters. The zero-order valence-corrected chi connectivity index (χ0v) is 6.96. The number of hydrogen-bond acceptors (Lipinski definition) is 1. The summed E-state index contributed by atoms with van der Waals surface area (Å²) in [5, 5.41) is 0. The Kier molecular flexibility index (Phi) is 4.54. The van der Waals surface area contributed by atoms with E-state index in [4.69, 9.17) is 0 Å². The standard InChI is InChI=1S/C7H15N3/c1-5-6-10(4)7(8-2)9-3/h2,5-6H2,1,3-4H3. The molecule has 3 nitrogen and oxygen atoms in total. The fraction of sp³-hybridized carbons (Fsp3) is 0.714. The van der Waals surface area contributed by atoms with Crippen molar-refractivity contribution in [2.45, 2.75) is 13.3 Å². The monoisotopic (exact) mass is 141 g/mol. The van der Waals surface area contributed by atoms with Gasteiger partial charge in [-0.3, -0.25) is 4.99 Å². The Labute approximate surface area is 62.5 Å². The molecule has 0 aliphatic rings. The average Bonchev–Trinajstić information content (AvgIpc) is 1.91. The van der Waals surface area contributed by atoms with Crippen molar-refractivity contribution in [3.8, 4) is 0 Å². The number of hydrogen-bond donors (Lipinski definition) is 0. The van der Waals surface area contributed by atoms with E-state index in [0.717, 1.165) is 13.0 Å². The quantitative estimate of drug-likeness (QED) is 0.416. The van der Waals surface area contributed by atoms with Crippen molar-refractivity contribution < 1.29 is 0 Å². The third kappa shape index (κ3) is 2.62. The van der Waals surface area contributed by atoms with E-state index in [-0.39, 0.29) is 0 Å². The van der Waals surface area contributed by atoms with E-state index in [9.17, 15) is 0 Å². The van der Waals surface area contributed by atoms with Crippen LogP contribution in [0.3, 0.4) is 0 Å². The van der Waals surface area contributed by atoms with Gasteiger partial charge in [0, 0.05) is 20.6 Å². The molecule has 3 heteroatoms. The lowest BCUT2D eigenvalue weighted by Crippen LogP contribution is -2.25. The highest BCUT2D eigenvalue weighted by Gasteiger charge is 1.98. The molecule has 0 amide bonds. The van der Waals surface area contributed by atoms with Gasteiger partial charge in [-0.1, -0.05) is 6.92 Å². The minimum Gasteiger partial charge on any atom is -0.344 e. The lowest BCUT2D eigenvalue weighted by Gasteiger charge is -2.15. The zero-order valence-electron chi connectivity index (χ0n) is 6.96. The molecular weight excluding hydrogens is 126 g/mol. The van der Waals surface area contributed by atoms with Crippen molar-refractivity contribution in [3.05, 3.63) is 0 Å². The summed E-state index contributed by atoms with van der Waals surface area (Å²) < 4.78 is 0. The molecular formula is C7H15N3. The Balaban J connectivity index is 3.89. The van der Waals surface area contributed by atoms with Crippen molar-refractivity contribution in [3.63, 3.8) is 0 Å². The maximum Gasteiger partial charge on any atom is 0.219 e. The van der Waals surface area contributed by atoms with Gasteiger partial charge in [-0.25, -0.2) is 4.99 Å². The predicted octanol–water partition coefficient (Wildman–Crippen LogP) is 1.01. The third-order valence-corrected chi connectivity index (χ3v) is 1.24. The summed E-state index contributed by atoms with van der Waals surface area (Å²) in [4.78, 5) is 9.67. The van der Waals surface area contributed by atoms with Gasteiger partial charge in [-0.2, -0.15) is 0 Å². The Hall–Kier alpha value is -0.860. The first-order valence-corrected chi connectivity index (χ1v) is 3.40. The fourth-order valence-corrected chi connectivity index (χ4v) is 0.798. The molecule has 0 radical (unpaired) electrons. The van der Waals surface area contributed by atoms with Crippen LogP contribution in [0.5, 0.6) is 0 Å². The minimum atomic E-state index is 0.710. The smallest absolute Gasteiger partial charge is 0.219 e. The molecule has 0 saturated heterocycles. The predicted molar refractivity (Wildman–Crippen MR) is 45.8 cm³/mol. The van der Waals surface area contributed by atoms with Crippen LogP contribution in [0.4, 0.5) is 0 Å².